The minimum Gasteiger partial charge on any atom is -0.480 e. The number of hydrogen-bond acceptors (Lipinski definition) is 3. The molecule has 0 bridgehead atoms. The molecule has 23 heavy (non-hydrogen) atoms. The molecule has 0 radical (unpaired) electrons. The zero-order valence-corrected chi connectivity index (χ0v) is 13.7. The number of likely N-dealkylation sites (tertiary alicyclic amines) is 1. The van der Waals surface area contributed by atoms with Gasteiger partial charge in [-0.25, -0.2) is 4.39 Å². The maximum atomic E-state index is 13.8. The summed E-state index contributed by atoms with van der Waals surface area (Å²) < 4.78 is 13.8. The summed E-state index contributed by atoms with van der Waals surface area (Å²) >= 11 is 5.83. The van der Waals surface area contributed by atoms with E-state index in [0.717, 1.165) is 0 Å². The number of carbonyl (C=O) groups is 2. The molecule has 1 N–H and O–H groups in total. The van der Waals surface area contributed by atoms with E-state index in [2.05, 4.69) is 0 Å². The predicted octanol–water partition coefficient (Wildman–Crippen LogP) is 2.49. The molecular weight excluding hydrogens is 323 g/mol. The van der Waals surface area contributed by atoms with Gasteiger partial charge in [0.05, 0.1) is 12.1 Å². The summed E-state index contributed by atoms with van der Waals surface area (Å²) in [7, 11) is 0. The lowest BCUT2D eigenvalue weighted by atomic mass is 10.0. The maximum Gasteiger partial charge on any atom is 0.317 e. The molecule has 2 rings (SSSR count). The molecule has 126 valence electrons. The molecule has 0 saturated carbocycles. The minimum atomic E-state index is -0.855. The van der Waals surface area contributed by atoms with Crippen molar-refractivity contribution in [3.63, 3.8) is 0 Å². The van der Waals surface area contributed by atoms with Gasteiger partial charge in [0.25, 0.3) is 5.91 Å². The average molecular weight is 343 g/mol. The summed E-state index contributed by atoms with van der Waals surface area (Å²) in [5.41, 5.74) is -0.0196. The van der Waals surface area contributed by atoms with E-state index in [1.807, 2.05) is 11.8 Å². The van der Waals surface area contributed by atoms with Crippen LogP contribution >= 0.6 is 11.6 Å². The average Bonchev–Trinajstić information content (AvgIpc) is 2.54. The lowest BCUT2D eigenvalue weighted by Gasteiger charge is -2.37. The van der Waals surface area contributed by atoms with E-state index in [4.69, 9.17) is 16.7 Å². The van der Waals surface area contributed by atoms with Gasteiger partial charge in [0.15, 0.2) is 0 Å². The number of hydrogen-bond donors (Lipinski definition) is 1. The second-order valence-corrected chi connectivity index (χ2v) is 6.04. The topological polar surface area (TPSA) is 60.9 Å². The molecule has 1 saturated heterocycles. The summed E-state index contributed by atoms with van der Waals surface area (Å²) in [6, 6.07) is 4.07. The first-order valence-electron chi connectivity index (χ1n) is 7.62. The maximum absolute atomic E-state index is 13.8. The number of nitrogens with zero attached hydrogens (tertiary/aromatic N) is 2. The Morgan fingerprint density at radius 3 is 2.61 bits per heavy atom. The summed E-state index contributed by atoms with van der Waals surface area (Å²) in [5.74, 6) is -1.81. The van der Waals surface area contributed by atoms with Gasteiger partial charge in [0.1, 0.15) is 5.82 Å². The van der Waals surface area contributed by atoms with Crippen LogP contribution in [0, 0.1) is 5.82 Å². The largest absolute Gasteiger partial charge is 0.480 e. The highest BCUT2D eigenvalue weighted by Gasteiger charge is 2.28. The first-order chi connectivity index (χ1) is 10.9. The van der Waals surface area contributed by atoms with E-state index in [-0.39, 0.29) is 24.1 Å². The zero-order valence-electron chi connectivity index (χ0n) is 13.0. The summed E-state index contributed by atoms with van der Waals surface area (Å²) in [4.78, 5) is 26.8. The predicted molar refractivity (Wildman–Crippen MR) is 85.2 cm³/mol. The highest BCUT2D eigenvalue weighted by atomic mass is 35.5. The SMILES string of the molecule is CCN(CC(=O)O)C1CCN(C(=O)c2cc(Cl)ccc2F)CC1. The van der Waals surface area contributed by atoms with Crippen molar-refractivity contribution in [2.75, 3.05) is 26.2 Å². The van der Waals surface area contributed by atoms with Gasteiger partial charge in [-0.3, -0.25) is 14.5 Å². The molecule has 1 aliphatic heterocycles. The van der Waals surface area contributed by atoms with Crippen LogP contribution in [0.15, 0.2) is 18.2 Å². The van der Waals surface area contributed by atoms with Crippen LogP contribution in [0.5, 0.6) is 0 Å². The molecule has 1 heterocycles. The van der Waals surface area contributed by atoms with E-state index in [1.54, 1.807) is 4.90 Å². The van der Waals surface area contributed by atoms with Gasteiger partial charge in [-0.05, 0) is 37.6 Å². The molecule has 0 unspecified atom stereocenters. The highest BCUT2D eigenvalue weighted by Crippen LogP contribution is 2.21. The fourth-order valence-electron chi connectivity index (χ4n) is 2.94. The molecule has 0 aliphatic carbocycles. The molecule has 5 nitrogen and oxygen atoms in total. The van der Waals surface area contributed by atoms with E-state index < -0.39 is 11.8 Å². The molecule has 0 spiro atoms. The molecule has 0 aromatic heterocycles. The molecule has 1 fully saturated rings. The smallest absolute Gasteiger partial charge is 0.317 e. The van der Waals surface area contributed by atoms with Gasteiger partial charge in [-0.2, -0.15) is 0 Å². The van der Waals surface area contributed by atoms with Crippen LogP contribution in [-0.4, -0.2) is 59.0 Å². The molecule has 1 aliphatic rings. The molecule has 0 atom stereocenters. The molecule has 1 aromatic carbocycles. The van der Waals surface area contributed by atoms with E-state index in [0.29, 0.717) is 37.5 Å². The third-order valence-electron chi connectivity index (χ3n) is 4.17. The Hall–Kier alpha value is -1.66. The summed E-state index contributed by atoms with van der Waals surface area (Å²) in [6.45, 7) is 3.52. The molecular formula is C16H20ClFN2O3. The Labute approximate surface area is 139 Å². The van der Waals surface area contributed by atoms with Crippen LogP contribution in [0.3, 0.4) is 0 Å². The highest BCUT2D eigenvalue weighted by molar-refractivity contribution is 6.31. The van der Waals surface area contributed by atoms with E-state index in [9.17, 15) is 14.0 Å². The van der Waals surface area contributed by atoms with Crippen LogP contribution in [0.1, 0.15) is 30.1 Å². The number of benzene rings is 1. The van der Waals surface area contributed by atoms with Gasteiger partial charge in [-0.1, -0.05) is 18.5 Å². The number of rotatable bonds is 5. The second kappa shape index (κ2) is 7.75. The number of carboxylic acids is 1. The second-order valence-electron chi connectivity index (χ2n) is 5.60. The van der Waals surface area contributed by atoms with Crippen LogP contribution in [0.4, 0.5) is 4.39 Å². The summed E-state index contributed by atoms with van der Waals surface area (Å²) in [6.07, 6.45) is 1.35. The van der Waals surface area contributed by atoms with Gasteiger partial charge in [-0.15, -0.1) is 0 Å². The zero-order chi connectivity index (χ0) is 17.0. The van der Waals surface area contributed by atoms with Crippen LogP contribution < -0.4 is 0 Å². The van der Waals surface area contributed by atoms with Crippen molar-refractivity contribution >= 4 is 23.5 Å². The standard InChI is InChI=1S/C16H20ClFN2O3/c1-2-19(10-15(21)22)12-5-7-20(8-6-12)16(23)13-9-11(17)3-4-14(13)18/h3-4,9,12H,2,5-8,10H2,1H3,(H,21,22). The lowest BCUT2D eigenvalue weighted by Crippen LogP contribution is -2.48. The number of piperidine rings is 1. The van der Waals surface area contributed by atoms with Crippen LogP contribution in [0.2, 0.25) is 5.02 Å². The number of aliphatic carboxylic acids is 1. The Kier molecular flexibility index (Phi) is 5.96. The van der Waals surface area contributed by atoms with Crippen molar-refractivity contribution in [1.29, 1.82) is 0 Å². The number of carboxylic acid groups (broad SMARTS) is 1. The molecule has 1 aromatic rings. The number of likely N-dealkylation sites (N-methyl/N-ethyl adjacent to an activating group) is 1. The first-order valence-corrected chi connectivity index (χ1v) is 8.00. The summed E-state index contributed by atoms with van der Waals surface area (Å²) in [5, 5.41) is 9.25. The van der Waals surface area contributed by atoms with Gasteiger partial charge in [0.2, 0.25) is 0 Å². The van der Waals surface area contributed by atoms with Crippen molar-refractivity contribution in [1.82, 2.24) is 9.80 Å². The van der Waals surface area contributed by atoms with Crippen molar-refractivity contribution in [2.45, 2.75) is 25.8 Å². The van der Waals surface area contributed by atoms with Gasteiger partial charge in [0, 0.05) is 24.2 Å². The van der Waals surface area contributed by atoms with Crippen molar-refractivity contribution in [2.24, 2.45) is 0 Å². The lowest BCUT2D eigenvalue weighted by molar-refractivity contribution is -0.139. The number of carbonyl (C=O) groups excluding carboxylic acids is 1. The van der Waals surface area contributed by atoms with E-state index in [1.165, 1.54) is 18.2 Å². The van der Waals surface area contributed by atoms with Crippen molar-refractivity contribution in [3.05, 3.63) is 34.6 Å². The van der Waals surface area contributed by atoms with Crippen LogP contribution in [-0.2, 0) is 4.79 Å². The Morgan fingerprint density at radius 1 is 1.39 bits per heavy atom. The fourth-order valence-corrected chi connectivity index (χ4v) is 3.11. The third kappa shape index (κ3) is 4.42. The monoisotopic (exact) mass is 342 g/mol. The van der Waals surface area contributed by atoms with E-state index >= 15 is 0 Å². The van der Waals surface area contributed by atoms with Crippen molar-refractivity contribution < 1.29 is 19.1 Å². The van der Waals surface area contributed by atoms with Gasteiger partial charge < -0.3 is 10.0 Å². The first kappa shape index (κ1) is 17.7. The Bertz CT molecular complexity index is 589. The fraction of sp³-hybridized carbons (Fsp3) is 0.500. The Balaban J connectivity index is 1.99. The third-order valence-corrected chi connectivity index (χ3v) is 4.41. The number of halogens is 2. The molecule has 1 amide bonds. The van der Waals surface area contributed by atoms with Gasteiger partial charge >= 0.3 is 5.97 Å². The number of amides is 1. The normalized spacial score (nSPS) is 15.9. The quantitative estimate of drug-likeness (QED) is 0.893. The Morgan fingerprint density at radius 2 is 2.04 bits per heavy atom. The van der Waals surface area contributed by atoms with Crippen molar-refractivity contribution in [3.8, 4) is 0 Å². The minimum absolute atomic E-state index is 0.00195. The van der Waals surface area contributed by atoms with Crippen LogP contribution in [0.25, 0.3) is 0 Å². The molecule has 7 heteroatoms.